The summed E-state index contributed by atoms with van der Waals surface area (Å²) < 4.78 is 53.5. The molecular formula is C10H9ClF4N2O. The monoisotopic (exact) mass is 284 g/mol. The molecule has 0 saturated carbocycles. The molecule has 0 amide bonds. The van der Waals surface area contributed by atoms with Crippen molar-refractivity contribution in [1.82, 2.24) is 0 Å². The lowest BCUT2D eigenvalue weighted by Gasteiger charge is -2.17. The maximum Gasteiger partial charge on any atom is 0.461 e. The summed E-state index contributed by atoms with van der Waals surface area (Å²) in [4.78, 5) is 3.68. The molecule has 8 heteroatoms. The molecule has 0 atom stereocenters. The number of benzene rings is 1. The number of ether oxygens (including phenoxy) is 1. The summed E-state index contributed by atoms with van der Waals surface area (Å²) >= 11 is 5.37. The van der Waals surface area contributed by atoms with E-state index in [1.54, 1.807) is 0 Å². The maximum atomic E-state index is 12.8. The largest absolute Gasteiger partial charge is 0.461 e. The lowest BCUT2D eigenvalue weighted by molar-refractivity contribution is -0.252. The molecule has 0 aliphatic rings. The SMILES string of the molecule is NC(CCl)=Nc1ccccc1OC(F)(F)C(F)F. The van der Waals surface area contributed by atoms with Crippen LogP contribution in [0.3, 0.4) is 0 Å². The molecule has 3 nitrogen and oxygen atoms in total. The van der Waals surface area contributed by atoms with Crippen LogP contribution in [0.2, 0.25) is 0 Å². The predicted octanol–water partition coefficient (Wildman–Crippen LogP) is 3.15. The number of hydrogen-bond acceptors (Lipinski definition) is 2. The standard InChI is InChI=1S/C10H9ClF4N2O/c11-5-8(16)17-6-3-1-2-4-7(6)18-10(14,15)9(12)13/h1-4,9H,5H2,(H2,16,17). The van der Waals surface area contributed by atoms with E-state index in [9.17, 15) is 17.6 Å². The molecule has 0 fully saturated rings. The van der Waals surface area contributed by atoms with E-state index in [2.05, 4.69) is 9.73 Å². The first-order chi connectivity index (χ1) is 8.36. The summed E-state index contributed by atoms with van der Waals surface area (Å²) in [7, 11) is 0. The van der Waals surface area contributed by atoms with Gasteiger partial charge in [0, 0.05) is 0 Å². The Morgan fingerprint density at radius 3 is 2.56 bits per heavy atom. The Hall–Kier alpha value is -1.50. The van der Waals surface area contributed by atoms with Gasteiger partial charge in [-0.1, -0.05) is 12.1 Å². The van der Waals surface area contributed by atoms with Crippen LogP contribution in [0.15, 0.2) is 29.3 Å². The van der Waals surface area contributed by atoms with Crippen LogP contribution in [0.5, 0.6) is 5.75 Å². The van der Waals surface area contributed by atoms with Crippen molar-refractivity contribution in [3.63, 3.8) is 0 Å². The summed E-state index contributed by atoms with van der Waals surface area (Å²) in [5.41, 5.74) is 5.22. The van der Waals surface area contributed by atoms with Crippen LogP contribution in [-0.4, -0.2) is 24.2 Å². The van der Waals surface area contributed by atoms with Crippen molar-refractivity contribution in [3.05, 3.63) is 24.3 Å². The van der Waals surface area contributed by atoms with Gasteiger partial charge in [0.15, 0.2) is 5.75 Å². The molecule has 0 unspecified atom stereocenters. The van der Waals surface area contributed by atoms with Crippen molar-refractivity contribution in [2.45, 2.75) is 12.5 Å². The average molecular weight is 285 g/mol. The lowest BCUT2D eigenvalue weighted by Crippen LogP contribution is -2.33. The Kier molecular flexibility index (Phi) is 4.77. The van der Waals surface area contributed by atoms with Gasteiger partial charge in [-0.05, 0) is 12.1 Å². The molecular weight excluding hydrogens is 276 g/mol. The highest BCUT2D eigenvalue weighted by atomic mass is 35.5. The average Bonchev–Trinajstić information content (AvgIpc) is 2.31. The van der Waals surface area contributed by atoms with Gasteiger partial charge in [-0.2, -0.15) is 17.6 Å². The van der Waals surface area contributed by atoms with Gasteiger partial charge in [0.1, 0.15) is 11.5 Å². The molecule has 0 aliphatic heterocycles. The molecule has 1 rings (SSSR count). The number of alkyl halides is 5. The highest BCUT2D eigenvalue weighted by Gasteiger charge is 2.44. The van der Waals surface area contributed by atoms with E-state index in [-0.39, 0.29) is 17.4 Å². The number of halogens is 5. The van der Waals surface area contributed by atoms with Gasteiger partial charge in [0.05, 0.1) is 5.88 Å². The first-order valence-corrected chi connectivity index (χ1v) is 5.23. The number of nitrogens with two attached hydrogens (primary N) is 1. The van der Waals surface area contributed by atoms with E-state index in [0.29, 0.717) is 0 Å². The molecule has 1 aromatic rings. The topological polar surface area (TPSA) is 47.6 Å². The van der Waals surface area contributed by atoms with Crippen LogP contribution in [0.25, 0.3) is 0 Å². The first-order valence-electron chi connectivity index (χ1n) is 4.70. The van der Waals surface area contributed by atoms with Crippen LogP contribution < -0.4 is 10.5 Å². The molecule has 0 aliphatic carbocycles. The second-order valence-electron chi connectivity index (χ2n) is 3.17. The highest BCUT2D eigenvalue weighted by molar-refractivity contribution is 6.28. The molecule has 0 bridgehead atoms. The van der Waals surface area contributed by atoms with E-state index >= 15 is 0 Å². The lowest BCUT2D eigenvalue weighted by atomic mass is 10.3. The fourth-order valence-corrected chi connectivity index (χ4v) is 1.07. The first kappa shape index (κ1) is 14.6. The van der Waals surface area contributed by atoms with E-state index in [1.165, 1.54) is 18.2 Å². The zero-order chi connectivity index (χ0) is 13.8. The number of amidine groups is 1. The second kappa shape index (κ2) is 5.90. The van der Waals surface area contributed by atoms with Gasteiger partial charge < -0.3 is 10.5 Å². The minimum atomic E-state index is -4.60. The van der Waals surface area contributed by atoms with Crippen LogP contribution in [0.4, 0.5) is 23.2 Å². The Bertz CT molecular complexity index is 440. The molecule has 0 saturated heterocycles. The maximum absolute atomic E-state index is 12.8. The Balaban J connectivity index is 3.03. The number of rotatable bonds is 5. The summed E-state index contributed by atoms with van der Waals surface area (Å²) in [5, 5.41) is 0. The fraction of sp³-hybridized carbons (Fsp3) is 0.300. The number of hydrogen-bond donors (Lipinski definition) is 1. The van der Waals surface area contributed by atoms with Crippen LogP contribution in [0, 0.1) is 0 Å². The van der Waals surface area contributed by atoms with Crippen LogP contribution >= 0.6 is 11.6 Å². The van der Waals surface area contributed by atoms with E-state index in [1.807, 2.05) is 0 Å². The molecule has 2 N–H and O–H groups in total. The van der Waals surface area contributed by atoms with Crippen molar-refractivity contribution >= 4 is 23.1 Å². The fourth-order valence-electron chi connectivity index (χ4n) is 1.01. The van der Waals surface area contributed by atoms with Gasteiger partial charge in [0.2, 0.25) is 0 Å². The van der Waals surface area contributed by atoms with Gasteiger partial charge in [-0.15, -0.1) is 11.6 Å². The van der Waals surface area contributed by atoms with Gasteiger partial charge in [-0.25, -0.2) is 4.99 Å². The zero-order valence-corrected chi connectivity index (χ0v) is 9.67. The van der Waals surface area contributed by atoms with Crippen molar-refractivity contribution in [1.29, 1.82) is 0 Å². The highest BCUT2D eigenvalue weighted by Crippen LogP contribution is 2.34. The minimum Gasteiger partial charge on any atom is -0.426 e. The van der Waals surface area contributed by atoms with Crippen molar-refractivity contribution < 1.29 is 22.3 Å². The number of nitrogens with zero attached hydrogens (tertiary/aromatic N) is 1. The third-order valence-corrected chi connectivity index (χ3v) is 2.04. The molecule has 100 valence electrons. The Morgan fingerprint density at radius 2 is 2.00 bits per heavy atom. The van der Waals surface area contributed by atoms with Gasteiger partial charge >= 0.3 is 12.5 Å². The molecule has 0 aromatic heterocycles. The quantitative estimate of drug-likeness (QED) is 0.391. The number of para-hydroxylation sites is 2. The third-order valence-electron chi connectivity index (χ3n) is 1.77. The molecule has 0 heterocycles. The third kappa shape index (κ3) is 3.76. The molecule has 0 spiro atoms. The molecule has 1 aromatic carbocycles. The van der Waals surface area contributed by atoms with Gasteiger partial charge in [-0.3, -0.25) is 0 Å². The van der Waals surface area contributed by atoms with E-state index in [4.69, 9.17) is 17.3 Å². The second-order valence-corrected chi connectivity index (χ2v) is 3.44. The predicted molar refractivity (Wildman–Crippen MR) is 60.0 cm³/mol. The summed E-state index contributed by atoms with van der Waals surface area (Å²) in [6.07, 6.45) is -8.54. The summed E-state index contributed by atoms with van der Waals surface area (Å²) in [6, 6.07) is 5.17. The summed E-state index contributed by atoms with van der Waals surface area (Å²) in [6.45, 7) is 0. The van der Waals surface area contributed by atoms with Crippen LogP contribution in [0.1, 0.15) is 0 Å². The van der Waals surface area contributed by atoms with Crippen molar-refractivity contribution in [2.24, 2.45) is 10.7 Å². The Morgan fingerprint density at radius 1 is 1.39 bits per heavy atom. The summed E-state index contributed by atoms with van der Waals surface area (Å²) in [5.74, 6) is -0.677. The van der Waals surface area contributed by atoms with Crippen molar-refractivity contribution in [2.75, 3.05) is 5.88 Å². The van der Waals surface area contributed by atoms with Gasteiger partial charge in [0.25, 0.3) is 0 Å². The normalized spacial score (nSPS) is 12.9. The van der Waals surface area contributed by atoms with Crippen molar-refractivity contribution in [3.8, 4) is 5.75 Å². The smallest absolute Gasteiger partial charge is 0.426 e. The minimum absolute atomic E-state index is 0.0481. The molecule has 18 heavy (non-hydrogen) atoms. The number of aliphatic imine (C=N–C) groups is 1. The van der Waals surface area contributed by atoms with E-state index in [0.717, 1.165) is 6.07 Å². The van der Waals surface area contributed by atoms with E-state index < -0.39 is 18.3 Å². The zero-order valence-electron chi connectivity index (χ0n) is 8.92. The van der Waals surface area contributed by atoms with Crippen LogP contribution in [-0.2, 0) is 0 Å². The Labute approximate surface area is 105 Å². The molecule has 0 radical (unpaired) electrons.